The van der Waals surface area contributed by atoms with Crippen LogP contribution in [0.2, 0.25) is 0 Å². The molecule has 4 rings (SSSR count). The number of anilines is 1. The van der Waals surface area contributed by atoms with Gasteiger partial charge in [-0.2, -0.15) is 0 Å². The summed E-state index contributed by atoms with van der Waals surface area (Å²) in [5.74, 6) is 0.209. The van der Waals surface area contributed by atoms with E-state index in [0.29, 0.717) is 60.1 Å². The van der Waals surface area contributed by atoms with Crippen LogP contribution in [-0.2, 0) is 6.42 Å². The lowest BCUT2D eigenvalue weighted by Gasteiger charge is -2.32. The molecule has 3 heterocycles. The van der Waals surface area contributed by atoms with Crippen LogP contribution in [0.5, 0.6) is 0 Å². The molecule has 9 nitrogen and oxygen atoms in total. The van der Waals surface area contributed by atoms with E-state index in [2.05, 4.69) is 25.3 Å². The number of aromatic nitrogens is 4. The topological polar surface area (TPSA) is 124 Å². The number of nitrogens with one attached hydrogen (secondary N) is 2. The molecular weight excluding hydrogens is 427 g/mol. The molecular formula is C23H25FN6O3. The van der Waals surface area contributed by atoms with Gasteiger partial charge in [0.1, 0.15) is 5.82 Å². The van der Waals surface area contributed by atoms with Crippen LogP contribution < -0.4 is 15.8 Å². The van der Waals surface area contributed by atoms with Gasteiger partial charge in [0.25, 0.3) is 11.5 Å². The van der Waals surface area contributed by atoms with Gasteiger partial charge in [0.05, 0.1) is 11.3 Å². The highest BCUT2D eigenvalue weighted by molar-refractivity contribution is 5.93. The van der Waals surface area contributed by atoms with E-state index in [1.54, 1.807) is 19.1 Å². The van der Waals surface area contributed by atoms with E-state index < -0.39 is 0 Å². The summed E-state index contributed by atoms with van der Waals surface area (Å²) in [4.78, 5) is 42.5. The SMILES string of the molecule is Cc1nc(N2CCC(NC(=O)c3cnc(-c4cccc(F)c4)nc3)CC2)[nH]c(=O)c1CCO. The van der Waals surface area contributed by atoms with Gasteiger partial charge in [0.15, 0.2) is 5.82 Å². The first-order valence-electron chi connectivity index (χ1n) is 10.8. The maximum Gasteiger partial charge on any atom is 0.255 e. The summed E-state index contributed by atoms with van der Waals surface area (Å²) in [7, 11) is 0. The number of nitrogens with zero attached hydrogens (tertiary/aromatic N) is 4. The number of piperidine rings is 1. The minimum absolute atomic E-state index is 0.0295. The Morgan fingerprint density at radius 3 is 2.64 bits per heavy atom. The molecule has 1 aliphatic heterocycles. The molecule has 0 radical (unpaired) electrons. The fraction of sp³-hybridized carbons (Fsp3) is 0.348. The molecule has 0 unspecified atom stereocenters. The Kier molecular flexibility index (Phi) is 6.74. The van der Waals surface area contributed by atoms with Crippen molar-refractivity contribution < 1.29 is 14.3 Å². The molecule has 10 heteroatoms. The van der Waals surface area contributed by atoms with Crippen molar-refractivity contribution in [1.82, 2.24) is 25.3 Å². The molecule has 0 spiro atoms. The normalized spacial score (nSPS) is 14.3. The highest BCUT2D eigenvalue weighted by atomic mass is 19.1. The minimum atomic E-state index is -0.375. The maximum absolute atomic E-state index is 13.4. The number of carbonyl (C=O) groups excluding carboxylic acids is 1. The number of amides is 1. The molecule has 0 bridgehead atoms. The Morgan fingerprint density at radius 2 is 2.00 bits per heavy atom. The van der Waals surface area contributed by atoms with Gasteiger partial charge in [-0.3, -0.25) is 14.6 Å². The monoisotopic (exact) mass is 452 g/mol. The van der Waals surface area contributed by atoms with Crippen molar-refractivity contribution >= 4 is 11.9 Å². The summed E-state index contributed by atoms with van der Waals surface area (Å²) >= 11 is 0. The largest absolute Gasteiger partial charge is 0.396 e. The average Bonchev–Trinajstić information content (AvgIpc) is 2.82. The second kappa shape index (κ2) is 9.86. The fourth-order valence-corrected chi connectivity index (χ4v) is 3.88. The van der Waals surface area contributed by atoms with Crippen LogP contribution in [-0.4, -0.2) is 56.7 Å². The molecule has 0 saturated carbocycles. The number of carbonyl (C=O) groups is 1. The van der Waals surface area contributed by atoms with E-state index in [9.17, 15) is 14.0 Å². The van der Waals surface area contributed by atoms with E-state index in [4.69, 9.17) is 5.11 Å². The van der Waals surface area contributed by atoms with Crippen molar-refractivity contribution in [2.75, 3.05) is 24.6 Å². The quantitative estimate of drug-likeness (QED) is 0.519. The molecule has 1 amide bonds. The molecule has 0 aliphatic carbocycles. The summed E-state index contributed by atoms with van der Waals surface area (Å²) in [5, 5.41) is 12.1. The van der Waals surface area contributed by atoms with Crippen LogP contribution in [0, 0.1) is 12.7 Å². The first kappa shape index (κ1) is 22.5. The van der Waals surface area contributed by atoms with Gasteiger partial charge >= 0.3 is 0 Å². The Labute approximate surface area is 189 Å². The number of H-pyrrole nitrogens is 1. The predicted octanol–water partition coefficient (Wildman–Crippen LogP) is 1.61. The van der Waals surface area contributed by atoms with E-state index >= 15 is 0 Å². The van der Waals surface area contributed by atoms with Gasteiger partial charge in [0.2, 0.25) is 5.95 Å². The number of hydrogen-bond acceptors (Lipinski definition) is 7. The number of rotatable bonds is 6. The standard InChI is InChI=1S/C23H25FN6O3/c1-14-19(7-10-31)22(33)29-23(27-14)30-8-5-18(6-9-30)28-21(32)16-12-25-20(26-13-16)15-3-2-4-17(24)11-15/h2-4,11-13,18,31H,5-10H2,1H3,(H,28,32)(H,27,29,33). The summed E-state index contributed by atoms with van der Waals surface area (Å²) < 4.78 is 13.4. The zero-order valence-corrected chi connectivity index (χ0v) is 18.2. The zero-order chi connectivity index (χ0) is 23.4. The lowest BCUT2D eigenvalue weighted by molar-refractivity contribution is 0.0930. The highest BCUT2D eigenvalue weighted by Crippen LogP contribution is 2.18. The Balaban J connectivity index is 1.34. The second-order valence-corrected chi connectivity index (χ2v) is 7.97. The number of hydrogen-bond donors (Lipinski definition) is 3. The predicted molar refractivity (Wildman–Crippen MR) is 121 cm³/mol. The second-order valence-electron chi connectivity index (χ2n) is 7.97. The molecule has 172 valence electrons. The van der Waals surface area contributed by atoms with Crippen molar-refractivity contribution in [2.45, 2.75) is 32.2 Å². The number of benzene rings is 1. The lowest BCUT2D eigenvalue weighted by Crippen LogP contribution is -2.45. The molecule has 0 atom stereocenters. The average molecular weight is 452 g/mol. The Hall–Kier alpha value is -3.66. The molecule has 3 aromatic rings. The first-order valence-corrected chi connectivity index (χ1v) is 10.8. The van der Waals surface area contributed by atoms with Crippen LogP contribution in [0.3, 0.4) is 0 Å². The number of aliphatic hydroxyl groups excluding tert-OH is 1. The van der Waals surface area contributed by atoms with Crippen molar-refractivity contribution in [3.05, 3.63) is 69.7 Å². The molecule has 1 saturated heterocycles. The van der Waals surface area contributed by atoms with Crippen LogP contribution in [0.4, 0.5) is 10.3 Å². The summed E-state index contributed by atoms with van der Waals surface area (Å²) in [6, 6.07) is 5.94. The number of halogens is 1. The van der Waals surface area contributed by atoms with Gasteiger partial charge in [0, 0.05) is 55.7 Å². The molecule has 1 aliphatic rings. The van der Waals surface area contributed by atoms with E-state index in [0.717, 1.165) is 0 Å². The smallest absolute Gasteiger partial charge is 0.255 e. The van der Waals surface area contributed by atoms with Crippen molar-refractivity contribution in [3.63, 3.8) is 0 Å². The summed E-state index contributed by atoms with van der Waals surface area (Å²) in [5.41, 5.74) is 1.75. The fourth-order valence-electron chi connectivity index (χ4n) is 3.88. The maximum atomic E-state index is 13.4. The summed E-state index contributed by atoms with van der Waals surface area (Å²) in [6.45, 7) is 2.91. The summed E-state index contributed by atoms with van der Waals surface area (Å²) in [6.07, 6.45) is 4.52. The third-order valence-corrected chi connectivity index (χ3v) is 5.70. The van der Waals surface area contributed by atoms with Gasteiger partial charge in [-0.25, -0.2) is 19.3 Å². The Morgan fingerprint density at radius 1 is 1.27 bits per heavy atom. The molecule has 3 N–H and O–H groups in total. The van der Waals surface area contributed by atoms with Crippen molar-refractivity contribution in [2.24, 2.45) is 0 Å². The van der Waals surface area contributed by atoms with Crippen LogP contribution in [0.25, 0.3) is 11.4 Å². The molecule has 1 fully saturated rings. The minimum Gasteiger partial charge on any atom is -0.396 e. The van der Waals surface area contributed by atoms with Crippen molar-refractivity contribution in [1.29, 1.82) is 0 Å². The van der Waals surface area contributed by atoms with E-state index in [1.807, 2.05) is 4.90 Å². The molecule has 2 aromatic heterocycles. The number of aromatic amines is 1. The van der Waals surface area contributed by atoms with E-state index in [-0.39, 0.29) is 36.4 Å². The number of aryl methyl sites for hydroxylation is 1. The first-order chi connectivity index (χ1) is 15.9. The third-order valence-electron chi connectivity index (χ3n) is 5.70. The lowest BCUT2D eigenvalue weighted by atomic mass is 10.0. The molecule has 1 aromatic carbocycles. The van der Waals surface area contributed by atoms with Gasteiger partial charge < -0.3 is 15.3 Å². The van der Waals surface area contributed by atoms with E-state index in [1.165, 1.54) is 24.5 Å². The van der Waals surface area contributed by atoms with Gasteiger partial charge in [-0.1, -0.05) is 12.1 Å². The van der Waals surface area contributed by atoms with Crippen LogP contribution in [0.1, 0.15) is 34.5 Å². The number of aliphatic hydroxyl groups is 1. The zero-order valence-electron chi connectivity index (χ0n) is 18.2. The highest BCUT2D eigenvalue weighted by Gasteiger charge is 2.23. The molecule has 33 heavy (non-hydrogen) atoms. The van der Waals surface area contributed by atoms with Gasteiger partial charge in [-0.05, 0) is 31.9 Å². The third kappa shape index (κ3) is 5.23. The van der Waals surface area contributed by atoms with Crippen LogP contribution in [0.15, 0.2) is 41.5 Å². The Bertz CT molecular complexity index is 1190. The van der Waals surface area contributed by atoms with Gasteiger partial charge in [-0.15, -0.1) is 0 Å². The van der Waals surface area contributed by atoms with Crippen LogP contribution >= 0.6 is 0 Å². The van der Waals surface area contributed by atoms with Crippen molar-refractivity contribution in [3.8, 4) is 11.4 Å².